The van der Waals surface area contributed by atoms with Gasteiger partial charge in [0.2, 0.25) is 0 Å². The summed E-state index contributed by atoms with van der Waals surface area (Å²) in [4.78, 5) is 9.99. The molecule has 0 amide bonds. The van der Waals surface area contributed by atoms with E-state index in [9.17, 15) is 4.79 Å². The lowest BCUT2D eigenvalue weighted by atomic mass is 10.2. The van der Waals surface area contributed by atoms with Crippen LogP contribution in [0.5, 0.6) is 0 Å². The zero-order valence-electron chi connectivity index (χ0n) is 7.09. The van der Waals surface area contributed by atoms with Gasteiger partial charge in [-0.25, -0.2) is 0 Å². The molecular weight excluding hydrogens is 228 g/mol. The third-order valence-electron chi connectivity index (χ3n) is 1.46. The van der Waals surface area contributed by atoms with Gasteiger partial charge in [0, 0.05) is 22.9 Å². The second-order valence-electron chi connectivity index (χ2n) is 2.51. The average molecular weight is 237 g/mol. The monoisotopic (exact) mass is 236 g/mol. The first-order valence-electron chi connectivity index (χ1n) is 4.01. The average Bonchev–Trinajstić information content (AvgIpc) is 2.15. The molecule has 0 fully saturated rings. The fourth-order valence-corrected chi connectivity index (χ4v) is 1.09. The van der Waals surface area contributed by atoms with Crippen molar-refractivity contribution < 1.29 is 4.79 Å². The first-order chi connectivity index (χ1) is 6.33. The molecule has 0 N–H and O–H groups in total. The smallest absolute Gasteiger partial charge is 0.120 e. The number of hydrogen-bond donors (Lipinski definition) is 0. The molecule has 0 heterocycles. The molecule has 1 nitrogen and oxygen atoms in total. The van der Waals surface area contributed by atoms with E-state index in [0.717, 1.165) is 16.3 Å². The number of unbranched alkanes of at least 4 members (excludes halogenated alkanes) is 1. The van der Waals surface area contributed by atoms with Crippen LogP contribution in [0.25, 0.3) is 0 Å². The van der Waals surface area contributed by atoms with Gasteiger partial charge in [-0.15, -0.1) is 0 Å². The number of carbonyl (C=O) groups excluding carboxylic acids is 1. The van der Waals surface area contributed by atoms with Crippen molar-refractivity contribution in [2.75, 3.05) is 0 Å². The van der Waals surface area contributed by atoms with E-state index >= 15 is 0 Å². The van der Waals surface area contributed by atoms with Crippen LogP contribution in [0.3, 0.4) is 0 Å². The van der Waals surface area contributed by atoms with Gasteiger partial charge in [0.05, 0.1) is 0 Å². The number of aldehydes is 1. The molecule has 13 heavy (non-hydrogen) atoms. The molecule has 1 aromatic rings. The van der Waals surface area contributed by atoms with E-state index in [0.29, 0.717) is 12.8 Å². The Hall–Kier alpha value is -1.07. The molecule has 0 aliphatic carbocycles. The van der Waals surface area contributed by atoms with Crippen LogP contribution in [0.1, 0.15) is 18.4 Å². The molecule has 0 aliphatic heterocycles. The first-order valence-corrected chi connectivity index (χ1v) is 4.80. The molecule has 66 valence electrons. The van der Waals surface area contributed by atoms with Crippen molar-refractivity contribution >= 4 is 22.2 Å². The van der Waals surface area contributed by atoms with Crippen LogP contribution >= 0.6 is 15.9 Å². The number of hydrogen-bond acceptors (Lipinski definition) is 1. The van der Waals surface area contributed by atoms with Gasteiger partial charge in [0.15, 0.2) is 0 Å². The SMILES string of the molecule is O=CCCC#Cc1ccc(Br)cc1. The zero-order valence-corrected chi connectivity index (χ0v) is 8.67. The quantitative estimate of drug-likeness (QED) is 0.439. The van der Waals surface area contributed by atoms with Gasteiger partial charge in [0.1, 0.15) is 6.29 Å². The third-order valence-corrected chi connectivity index (χ3v) is 1.99. The van der Waals surface area contributed by atoms with Crippen LogP contribution in [0, 0.1) is 11.8 Å². The van der Waals surface area contributed by atoms with Crippen molar-refractivity contribution in [3.63, 3.8) is 0 Å². The highest BCUT2D eigenvalue weighted by atomic mass is 79.9. The Kier molecular flexibility index (Phi) is 4.28. The van der Waals surface area contributed by atoms with Gasteiger partial charge in [-0.3, -0.25) is 0 Å². The predicted molar refractivity (Wildman–Crippen MR) is 56.3 cm³/mol. The summed E-state index contributed by atoms with van der Waals surface area (Å²) in [6.45, 7) is 0. The topological polar surface area (TPSA) is 17.1 Å². The highest BCUT2D eigenvalue weighted by Gasteiger charge is 1.86. The molecule has 0 aromatic heterocycles. The Morgan fingerprint density at radius 1 is 1.31 bits per heavy atom. The highest BCUT2D eigenvalue weighted by molar-refractivity contribution is 9.10. The van der Waals surface area contributed by atoms with Crippen molar-refractivity contribution in [3.05, 3.63) is 34.3 Å². The molecule has 1 aromatic carbocycles. The molecule has 2 heteroatoms. The van der Waals surface area contributed by atoms with Gasteiger partial charge in [-0.2, -0.15) is 0 Å². The molecule has 0 spiro atoms. The van der Waals surface area contributed by atoms with E-state index in [2.05, 4.69) is 27.8 Å². The Morgan fingerprint density at radius 3 is 2.62 bits per heavy atom. The Bertz CT molecular complexity index is 329. The Morgan fingerprint density at radius 2 is 2.00 bits per heavy atom. The lowest BCUT2D eigenvalue weighted by Gasteiger charge is -1.89. The summed E-state index contributed by atoms with van der Waals surface area (Å²) in [6.07, 6.45) is 2.04. The maximum absolute atomic E-state index is 9.99. The third kappa shape index (κ3) is 3.91. The molecule has 0 radical (unpaired) electrons. The van der Waals surface area contributed by atoms with Gasteiger partial charge in [-0.1, -0.05) is 27.8 Å². The number of halogens is 1. The minimum absolute atomic E-state index is 0.517. The summed E-state index contributed by atoms with van der Waals surface area (Å²) in [5, 5.41) is 0. The molecule has 0 saturated carbocycles. The summed E-state index contributed by atoms with van der Waals surface area (Å²) in [7, 11) is 0. The minimum atomic E-state index is 0.517. The van der Waals surface area contributed by atoms with Crippen LogP contribution in [-0.2, 0) is 4.79 Å². The summed E-state index contributed by atoms with van der Waals surface area (Å²) in [6, 6.07) is 7.78. The van der Waals surface area contributed by atoms with E-state index in [4.69, 9.17) is 0 Å². The molecule has 0 bridgehead atoms. The maximum Gasteiger partial charge on any atom is 0.120 e. The summed E-state index contributed by atoms with van der Waals surface area (Å²) < 4.78 is 1.05. The molecule has 0 unspecified atom stereocenters. The number of benzene rings is 1. The van der Waals surface area contributed by atoms with E-state index in [1.54, 1.807) is 0 Å². The molecule has 0 saturated heterocycles. The van der Waals surface area contributed by atoms with E-state index in [-0.39, 0.29) is 0 Å². The van der Waals surface area contributed by atoms with Gasteiger partial charge in [0.25, 0.3) is 0 Å². The first kappa shape index (κ1) is 10.0. The normalized spacial score (nSPS) is 8.69. The molecular formula is C11H9BrO. The fraction of sp³-hybridized carbons (Fsp3) is 0.182. The summed E-state index contributed by atoms with van der Waals surface area (Å²) in [5.41, 5.74) is 0.981. The number of rotatable bonds is 2. The van der Waals surface area contributed by atoms with Crippen LogP contribution in [0.4, 0.5) is 0 Å². The zero-order chi connectivity index (χ0) is 9.52. The van der Waals surface area contributed by atoms with Crippen molar-refractivity contribution in [1.29, 1.82) is 0 Å². The lowest BCUT2D eigenvalue weighted by molar-refractivity contribution is -0.107. The van der Waals surface area contributed by atoms with E-state index in [1.165, 1.54) is 0 Å². The fourth-order valence-electron chi connectivity index (χ4n) is 0.829. The second kappa shape index (κ2) is 5.55. The highest BCUT2D eigenvalue weighted by Crippen LogP contribution is 2.09. The lowest BCUT2D eigenvalue weighted by Crippen LogP contribution is -1.74. The van der Waals surface area contributed by atoms with Gasteiger partial charge in [-0.05, 0) is 24.3 Å². The van der Waals surface area contributed by atoms with Crippen molar-refractivity contribution in [3.8, 4) is 11.8 Å². The van der Waals surface area contributed by atoms with Crippen LogP contribution < -0.4 is 0 Å². The second-order valence-corrected chi connectivity index (χ2v) is 3.43. The van der Waals surface area contributed by atoms with Crippen LogP contribution in [-0.4, -0.2) is 6.29 Å². The molecule has 0 atom stereocenters. The minimum Gasteiger partial charge on any atom is -0.303 e. The van der Waals surface area contributed by atoms with Gasteiger partial charge < -0.3 is 4.79 Å². The Balaban J connectivity index is 2.56. The Labute approximate surface area is 86.3 Å². The molecule has 1 rings (SSSR count). The van der Waals surface area contributed by atoms with E-state index < -0.39 is 0 Å². The molecule has 0 aliphatic rings. The van der Waals surface area contributed by atoms with Crippen LogP contribution in [0.15, 0.2) is 28.7 Å². The van der Waals surface area contributed by atoms with Gasteiger partial charge >= 0.3 is 0 Å². The van der Waals surface area contributed by atoms with Crippen molar-refractivity contribution in [1.82, 2.24) is 0 Å². The van der Waals surface area contributed by atoms with Crippen molar-refractivity contribution in [2.45, 2.75) is 12.8 Å². The number of carbonyl (C=O) groups is 1. The van der Waals surface area contributed by atoms with E-state index in [1.807, 2.05) is 24.3 Å². The summed E-state index contributed by atoms with van der Waals surface area (Å²) in [5.74, 6) is 5.90. The largest absolute Gasteiger partial charge is 0.303 e. The standard InChI is InChI=1S/C11H9BrO/c12-11-7-5-10(6-8-11)4-2-1-3-9-13/h5-9H,1,3H2. The predicted octanol–water partition coefficient (Wildman–Crippen LogP) is 2.78. The maximum atomic E-state index is 9.99. The summed E-state index contributed by atoms with van der Waals surface area (Å²) >= 11 is 3.34. The van der Waals surface area contributed by atoms with Crippen LogP contribution in [0.2, 0.25) is 0 Å². The van der Waals surface area contributed by atoms with Crippen molar-refractivity contribution in [2.24, 2.45) is 0 Å².